The summed E-state index contributed by atoms with van der Waals surface area (Å²) in [6, 6.07) is 4.64. The van der Waals surface area contributed by atoms with Crippen LogP contribution in [-0.4, -0.2) is 34.7 Å². The van der Waals surface area contributed by atoms with E-state index in [1.165, 1.54) is 6.07 Å². The highest BCUT2D eigenvalue weighted by atomic mass is 19.1. The highest BCUT2D eigenvalue weighted by molar-refractivity contribution is 5.75. The zero-order valence-electron chi connectivity index (χ0n) is 14.3. The molecule has 2 amide bonds. The van der Waals surface area contributed by atoms with Gasteiger partial charge in [-0.2, -0.15) is 0 Å². The molecule has 0 fully saturated rings. The standard InChI is InChI=1S/C18H27FN2O2/c1-11(2)21(10-13(4)22)18(23)20-17-12(3)8-9-14-15(17)6-5-7-16(14)19/h5-7,11-13,17,22H,8-10H2,1-4H3,(H,20,23). The summed E-state index contributed by atoms with van der Waals surface area (Å²) in [5.74, 6) is 0.0483. The molecule has 5 heteroatoms. The summed E-state index contributed by atoms with van der Waals surface area (Å²) in [6.45, 7) is 7.85. The fraction of sp³-hybridized carbons (Fsp3) is 0.611. The third kappa shape index (κ3) is 4.02. The lowest BCUT2D eigenvalue weighted by molar-refractivity contribution is 0.115. The molecule has 4 nitrogen and oxygen atoms in total. The number of urea groups is 1. The number of nitrogens with zero attached hydrogens (tertiary/aromatic N) is 1. The lowest BCUT2D eigenvalue weighted by Gasteiger charge is -2.35. The van der Waals surface area contributed by atoms with Crippen LogP contribution in [0.2, 0.25) is 0 Å². The van der Waals surface area contributed by atoms with Gasteiger partial charge in [0, 0.05) is 12.6 Å². The Morgan fingerprint density at radius 3 is 2.74 bits per heavy atom. The highest BCUT2D eigenvalue weighted by Gasteiger charge is 2.31. The van der Waals surface area contributed by atoms with E-state index in [-0.39, 0.29) is 36.4 Å². The number of aliphatic hydroxyl groups excluding tert-OH is 1. The van der Waals surface area contributed by atoms with Crippen molar-refractivity contribution in [2.24, 2.45) is 5.92 Å². The Morgan fingerprint density at radius 2 is 2.13 bits per heavy atom. The van der Waals surface area contributed by atoms with E-state index in [4.69, 9.17) is 0 Å². The molecule has 0 aliphatic heterocycles. The van der Waals surface area contributed by atoms with Gasteiger partial charge in [0.15, 0.2) is 0 Å². The van der Waals surface area contributed by atoms with Gasteiger partial charge in [0.25, 0.3) is 0 Å². The van der Waals surface area contributed by atoms with Crippen LogP contribution in [0, 0.1) is 11.7 Å². The van der Waals surface area contributed by atoms with Crippen LogP contribution in [0.1, 0.15) is 51.3 Å². The normalized spacial score (nSPS) is 21.7. The zero-order chi connectivity index (χ0) is 17.1. The summed E-state index contributed by atoms with van der Waals surface area (Å²) in [7, 11) is 0. The van der Waals surface area contributed by atoms with Crippen LogP contribution >= 0.6 is 0 Å². The molecule has 23 heavy (non-hydrogen) atoms. The van der Waals surface area contributed by atoms with Crippen LogP contribution in [0.15, 0.2) is 18.2 Å². The second kappa shape index (κ2) is 7.30. The molecule has 1 aromatic carbocycles. The highest BCUT2D eigenvalue weighted by Crippen LogP contribution is 2.35. The van der Waals surface area contributed by atoms with E-state index in [0.29, 0.717) is 12.0 Å². The van der Waals surface area contributed by atoms with Gasteiger partial charge in [-0.3, -0.25) is 0 Å². The van der Waals surface area contributed by atoms with Crippen molar-refractivity contribution in [3.8, 4) is 0 Å². The number of fused-ring (bicyclic) bond motifs is 1. The topological polar surface area (TPSA) is 52.6 Å². The van der Waals surface area contributed by atoms with Crippen molar-refractivity contribution in [3.05, 3.63) is 35.1 Å². The molecule has 0 aromatic heterocycles. The van der Waals surface area contributed by atoms with Gasteiger partial charge in [0.05, 0.1) is 12.1 Å². The first-order chi connectivity index (χ1) is 10.8. The summed E-state index contributed by atoms with van der Waals surface area (Å²) in [4.78, 5) is 14.3. The number of rotatable bonds is 4. The molecule has 0 radical (unpaired) electrons. The molecule has 0 bridgehead atoms. The van der Waals surface area contributed by atoms with Crippen LogP contribution in [0.25, 0.3) is 0 Å². The van der Waals surface area contributed by atoms with Gasteiger partial charge in [0.2, 0.25) is 0 Å². The third-order valence-corrected chi connectivity index (χ3v) is 4.53. The molecule has 0 heterocycles. The van der Waals surface area contributed by atoms with Crippen molar-refractivity contribution in [3.63, 3.8) is 0 Å². The number of nitrogens with one attached hydrogen (secondary N) is 1. The predicted molar refractivity (Wildman–Crippen MR) is 88.7 cm³/mol. The van der Waals surface area contributed by atoms with Crippen LogP contribution in [0.3, 0.4) is 0 Å². The Labute approximate surface area is 137 Å². The van der Waals surface area contributed by atoms with Gasteiger partial charge in [-0.1, -0.05) is 19.1 Å². The van der Waals surface area contributed by atoms with E-state index in [2.05, 4.69) is 12.2 Å². The smallest absolute Gasteiger partial charge is 0.318 e. The Morgan fingerprint density at radius 1 is 1.43 bits per heavy atom. The lowest BCUT2D eigenvalue weighted by Crippen LogP contribution is -2.49. The maximum atomic E-state index is 14.0. The van der Waals surface area contributed by atoms with E-state index in [9.17, 15) is 14.3 Å². The summed E-state index contributed by atoms with van der Waals surface area (Å²) in [5, 5.41) is 12.6. The Hall–Kier alpha value is -1.62. The molecular weight excluding hydrogens is 295 g/mol. The Balaban J connectivity index is 2.22. The molecule has 3 atom stereocenters. The molecule has 1 aromatic rings. The molecule has 2 N–H and O–H groups in total. The molecule has 1 aliphatic carbocycles. The summed E-state index contributed by atoms with van der Waals surface area (Å²) >= 11 is 0. The zero-order valence-corrected chi connectivity index (χ0v) is 14.3. The van der Waals surface area contributed by atoms with Gasteiger partial charge in [0.1, 0.15) is 5.82 Å². The number of hydrogen-bond acceptors (Lipinski definition) is 2. The van der Waals surface area contributed by atoms with Crippen LogP contribution in [0.5, 0.6) is 0 Å². The second-order valence-corrected chi connectivity index (χ2v) is 6.85. The van der Waals surface area contributed by atoms with Crippen molar-refractivity contribution in [1.29, 1.82) is 0 Å². The minimum atomic E-state index is -0.586. The van der Waals surface area contributed by atoms with Gasteiger partial charge >= 0.3 is 6.03 Å². The molecule has 0 spiro atoms. The second-order valence-electron chi connectivity index (χ2n) is 6.85. The van der Waals surface area contributed by atoms with Crippen molar-refractivity contribution in [1.82, 2.24) is 10.2 Å². The molecule has 3 unspecified atom stereocenters. The Kier molecular flexibility index (Phi) is 5.63. The fourth-order valence-electron chi connectivity index (χ4n) is 3.22. The SMILES string of the molecule is CC(O)CN(C(=O)NC1c2cccc(F)c2CCC1C)C(C)C. The average molecular weight is 322 g/mol. The predicted octanol–water partition coefficient (Wildman–Crippen LogP) is 3.25. The number of carbonyl (C=O) groups excluding carboxylic acids is 1. The molecule has 0 saturated carbocycles. The maximum absolute atomic E-state index is 14.0. The number of hydrogen-bond donors (Lipinski definition) is 2. The molecule has 128 valence electrons. The van der Waals surface area contributed by atoms with Crippen molar-refractivity contribution in [2.75, 3.05) is 6.54 Å². The molecule has 0 saturated heterocycles. The molecule has 1 aliphatic rings. The summed E-state index contributed by atoms with van der Waals surface area (Å²) < 4.78 is 14.0. The first kappa shape index (κ1) is 17.7. The van der Waals surface area contributed by atoms with Crippen molar-refractivity contribution < 1.29 is 14.3 Å². The average Bonchev–Trinajstić information content (AvgIpc) is 2.47. The van der Waals surface area contributed by atoms with E-state index < -0.39 is 6.10 Å². The molecular formula is C18H27FN2O2. The number of halogens is 1. The number of aliphatic hydroxyl groups is 1. The van der Waals surface area contributed by atoms with Crippen LogP contribution in [-0.2, 0) is 6.42 Å². The lowest BCUT2D eigenvalue weighted by atomic mass is 9.80. The minimum absolute atomic E-state index is 0.0181. The summed E-state index contributed by atoms with van der Waals surface area (Å²) in [5.41, 5.74) is 1.58. The van der Waals surface area contributed by atoms with Crippen molar-refractivity contribution in [2.45, 2.75) is 58.7 Å². The monoisotopic (exact) mass is 322 g/mol. The third-order valence-electron chi connectivity index (χ3n) is 4.53. The van der Waals surface area contributed by atoms with Gasteiger partial charge in [-0.25, -0.2) is 9.18 Å². The first-order valence-corrected chi connectivity index (χ1v) is 8.33. The summed E-state index contributed by atoms with van der Waals surface area (Å²) in [6.07, 6.45) is 0.963. The van der Waals surface area contributed by atoms with Gasteiger partial charge < -0.3 is 15.3 Å². The van der Waals surface area contributed by atoms with E-state index in [0.717, 1.165) is 12.0 Å². The van der Waals surface area contributed by atoms with Gasteiger partial charge in [-0.05, 0) is 56.7 Å². The molecule has 2 rings (SSSR count). The first-order valence-electron chi connectivity index (χ1n) is 8.33. The van der Waals surface area contributed by atoms with E-state index in [1.807, 2.05) is 19.9 Å². The van der Waals surface area contributed by atoms with Crippen LogP contribution in [0.4, 0.5) is 9.18 Å². The number of carbonyl (C=O) groups is 1. The number of benzene rings is 1. The van der Waals surface area contributed by atoms with Gasteiger partial charge in [-0.15, -0.1) is 0 Å². The minimum Gasteiger partial charge on any atom is -0.392 e. The van der Waals surface area contributed by atoms with E-state index in [1.54, 1.807) is 17.9 Å². The van der Waals surface area contributed by atoms with E-state index >= 15 is 0 Å². The quantitative estimate of drug-likeness (QED) is 0.894. The maximum Gasteiger partial charge on any atom is 0.318 e. The Bertz CT molecular complexity index is 560. The van der Waals surface area contributed by atoms with Crippen molar-refractivity contribution >= 4 is 6.03 Å². The fourth-order valence-corrected chi connectivity index (χ4v) is 3.22. The van der Waals surface area contributed by atoms with Crippen LogP contribution < -0.4 is 5.32 Å². The largest absolute Gasteiger partial charge is 0.392 e. The number of amides is 2.